The molecule has 14 heavy (non-hydrogen) atoms. The molecule has 2 aromatic rings. The Morgan fingerprint density at radius 1 is 1.43 bits per heavy atom. The van der Waals surface area contributed by atoms with Crippen molar-refractivity contribution in [1.82, 2.24) is 9.55 Å². The standard InChI is InChI=1S/C11H12N2O/c1-11(4-5-11)13-7-12-9-6-8(14)2-3-10(9)13/h2-3,6-7,14H,4-5H2,1H3. The SMILES string of the molecule is CC1(n2cnc3cc(O)ccc32)CC1. The molecule has 0 atom stereocenters. The van der Waals surface area contributed by atoms with Crippen LogP contribution in [0.25, 0.3) is 11.0 Å². The Morgan fingerprint density at radius 2 is 2.21 bits per heavy atom. The number of hydrogen-bond acceptors (Lipinski definition) is 2. The van der Waals surface area contributed by atoms with E-state index in [1.54, 1.807) is 12.1 Å². The Hall–Kier alpha value is -1.51. The minimum atomic E-state index is 0.270. The van der Waals surface area contributed by atoms with Gasteiger partial charge < -0.3 is 9.67 Å². The first-order valence-electron chi connectivity index (χ1n) is 4.86. The molecule has 0 bridgehead atoms. The summed E-state index contributed by atoms with van der Waals surface area (Å²) in [6.45, 7) is 2.24. The minimum absolute atomic E-state index is 0.270. The zero-order valence-electron chi connectivity index (χ0n) is 8.07. The lowest BCUT2D eigenvalue weighted by molar-refractivity contribution is 0.476. The van der Waals surface area contributed by atoms with Crippen LogP contribution in [0.2, 0.25) is 0 Å². The Bertz CT molecular complexity index is 497. The van der Waals surface area contributed by atoms with Crippen molar-refractivity contribution in [2.45, 2.75) is 25.3 Å². The molecular formula is C11H12N2O. The summed E-state index contributed by atoms with van der Waals surface area (Å²) in [5, 5.41) is 9.31. The number of benzene rings is 1. The van der Waals surface area contributed by atoms with Crippen molar-refractivity contribution in [2.24, 2.45) is 0 Å². The molecule has 1 aromatic carbocycles. The van der Waals surface area contributed by atoms with E-state index in [1.165, 1.54) is 12.8 Å². The van der Waals surface area contributed by atoms with Gasteiger partial charge in [-0.3, -0.25) is 0 Å². The van der Waals surface area contributed by atoms with Gasteiger partial charge in [0.1, 0.15) is 5.75 Å². The van der Waals surface area contributed by atoms with Crippen LogP contribution in [0.4, 0.5) is 0 Å². The van der Waals surface area contributed by atoms with Crippen molar-refractivity contribution in [2.75, 3.05) is 0 Å². The molecule has 1 N–H and O–H groups in total. The highest BCUT2D eigenvalue weighted by Gasteiger charge is 2.39. The number of rotatable bonds is 1. The largest absolute Gasteiger partial charge is 0.508 e. The average Bonchev–Trinajstić information content (AvgIpc) is 2.77. The molecular weight excluding hydrogens is 176 g/mol. The van der Waals surface area contributed by atoms with Gasteiger partial charge >= 0.3 is 0 Å². The van der Waals surface area contributed by atoms with Crippen LogP contribution < -0.4 is 0 Å². The number of phenols is 1. The first kappa shape index (κ1) is 7.85. The van der Waals surface area contributed by atoms with Gasteiger partial charge in [-0.1, -0.05) is 0 Å². The normalized spacial score (nSPS) is 18.6. The molecule has 0 radical (unpaired) electrons. The van der Waals surface area contributed by atoms with Gasteiger partial charge in [-0.2, -0.15) is 0 Å². The Morgan fingerprint density at radius 3 is 2.93 bits per heavy atom. The van der Waals surface area contributed by atoms with E-state index in [1.807, 2.05) is 12.4 Å². The van der Waals surface area contributed by atoms with Crippen LogP contribution >= 0.6 is 0 Å². The van der Waals surface area contributed by atoms with Crippen LogP contribution in [0.3, 0.4) is 0 Å². The molecule has 1 heterocycles. The van der Waals surface area contributed by atoms with Crippen molar-refractivity contribution in [3.05, 3.63) is 24.5 Å². The number of aromatic nitrogens is 2. The highest BCUT2D eigenvalue weighted by atomic mass is 16.3. The molecule has 0 spiro atoms. The maximum atomic E-state index is 9.31. The van der Waals surface area contributed by atoms with E-state index in [4.69, 9.17) is 0 Å². The predicted octanol–water partition coefficient (Wildman–Crippen LogP) is 2.25. The van der Waals surface area contributed by atoms with Crippen LogP contribution in [-0.4, -0.2) is 14.7 Å². The van der Waals surface area contributed by atoms with E-state index in [0.29, 0.717) is 0 Å². The molecule has 0 unspecified atom stereocenters. The van der Waals surface area contributed by atoms with Gasteiger partial charge in [0, 0.05) is 11.6 Å². The van der Waals surface area contributed by atoms with Gasteiger partial charge in [0.2, 0.25) is 0 Å². The lowest BCUT2D eigenvalue weighted by Gasteiger charge is -2.11. The van der Waals surface area contributed by atoms with Crippen molar-refractivity contribution >= 4 is 11.0 Å². The predicted molar refractivity (Wildman–Crippen MR) is 54.3 cm³/mol. The molecule has 1 aliphatic rings. The summed E-state index contributed by atoms with van der Waals surface area (Å²) >= 11 is 0. The topological polar surface area (TPSA) is 38.0 Å². The third-order valence-electron chi connectivity index (χ3n) is 3.09. The van der Waals surface area contributed by atoms with Crippen LogP contribution in [-0.2, 0) is 5.54 Å². The Balaban J connectivity index is 2.27. The van der Waals surface area contributed by atoms with Gasteiger partial charge in [0.05, 0.1) is 17.4 Å². The van der Waals surface area contributed by atoms with Crippen LogP contribution in [0.1, 0.15) is 19.8 Å². The molecule has 3 nitrogen and oxygen atoms in total. The van der Waals surface area contributed by atoms with E-state index < -0.39 is 0 Å². The average molecular weight is 188 g/mol. The van der Waals surface area contributed by atoms with Crippen molar-refractivity contribution in [3.63, 3.8) is 0 Å². The fraction of sp³-hybridized carbons (Fsp3) is 0.364. The summed E-state index contributed by atoms with van der Waals surface area (Å²) in [6, 6.07) is 5.35. The highest BCUT2D eigenvalue weighted by Crippen LogP contribution is 2.44. The summed E-state index contributed by atoms with van der Waals surface area (Å²) in [5.41, 5.74) is 2.26. The lowest BCUT2D eigenvalue weighted by atomic mass is 10.2. The van der Waals surface area contributed by atoms with Crippen molar-refractivity contribution in [1.29, 1.82) is 0 Å². The minimum Gasteiger partial charge on any atom is -0.508 e. The quantitative estimate of drug-likeness (QED) is 0.745. The molecule has 1 saturated carbocycles. The molecule has 0 saturated heterocycles. The van der Waals surface area contributed by atoms with Gasteiger partial charge in [0.15, 0.2) is 0 Å². The maximum absolute atomic E-state index is 9.31. The smallest absolute Gasteiger partial charge is 0.117 e. The zero-order chi connectivity index (χ0) is 9.76. The fourth-order valence-electron chi connectivity index (χ4n) is 1.85. The molecule has 3 heteroatoms. The van der Waals surface area contributed by atoms with Gasteiger partial charge in [0.25, 0.3) is 0 Å². The molecule has 3 rings (SSSR count). The second-order valence-electron chi connectivity index (χ2n) is 4.28. The molecule has 0 aliphatic heterocycles. The van der Waals surface area contributed by atoms with E-state index in [-0.39, 0.29) is 11.3 Å². The monoisotopic (exact) mass is 188 g/mol. The number of phenolic OH excluding ortho intramolecular Hbond substituents is 1. The first-order chi connectivity index (χ1) is 6.69. The number of fused-ring (bicyclic) bond motifs is 1. The van der Waals surface area contributed by atoms with Crippen LogP contribution in [0.15, 0.2) is 24.5 Å². The van der Waals surface area contributed by atoms with E-state index in [2.05, 4.69) is 16.5 Å². The van der Waals surface area contributed by atoms with E-state index in [0.717, 1.165) is 11.0 Å². The Labute approximate surface area is 82.0 Å². The summed E-state index contributed by atoms with van der Waals surface area (Å²) in [6.07, 6.45) is 4.32. The van der Waals surface area contributed by atoms with Crippen LogP contribution in [0.5, 0.6) is 5.75 Å². The summed E-state index contributed by atoms with van der Waals surface area (Å²) in [4.78, 5) is 4.29. The zero-order valence-corrected chi connectivity index (χ0v) is 8.07. The molecule has 72 valence electrons. The molecule has 1 aliphatic carbocycles. The summed E-state index contributed by atoms with van der Waals surface area (Å²) < 4.78 is 2.21. The summed E-state index contributed by atoms with van der Waals surface area (Å²) in [7, 11) is 0. The summed E-state index contributed by atoms with van der Waals surface area (Å²) in [5.74, 6) is 0.281. The lowest BCUT2D eigenvalue weighted by Crippen LogP contribution is -2.10. The van der Waals surface area contributed by atoms with Crippen molar-refractivity contribution in [3.8, 4) is 5.75 Å². The second-order valence-corrected chi connectivity index (χ2v) is 4.28. The number of nitrogens with zero attached hydrogens (tertiary/aromatic N) is 2. The van der Waals surface area contributed by atoms with Crippen molar-refractivity contribution < 1.29 is 5.11 Å². The van der Waals surface area contributed by atoms with E-state index in [9.17, 15) is 5.11 Å². The second kappa shape index (κ2) is 2.29. The first-order valence-corrected chi connectivity index (χ1v) is 4.86. The molecule has 1 aromatic heterocycles. The van der Waals surface area contributed by atoms with E-state index >= 15 is 0 Å². The third-order valence-corrected chi connectivity index (χ3v) is 3.09. The molecule has 0 amide bonds. The van der Waals surface area contributed by atoms with Gasteiger partial charge in [-0.15, -0.1) is 0 Å². The Kier molecular flexibility index (Phi) is 1.29. The maximum Gasteiger partial charge on any atom is 0.117 e. The van der Waals surface area contributed by atoms with Gasteiger partial charge in [-0.25, -0.2) is 4.98 Å². The van der Waals surface area contributed by atoms with Crippen LogP contribution in [0, 0.1) is 0 Å². The third kappa shape index (κ3) is 0.953. The molecule has 1 fully saturated rings. The highest BCUT2D eigenvalue weighted by molar-refractivity contribution is 5.77. The van der Waals surface area contributed by atoms with Gasteiger partial charge in [-0.05, 0) is 31.9 Å². The number of aromatic hydroxyl groups is 1. The number of hydrogen-bond donors (Lipinski definition) is 1. The number of imidazole rings is 1. The fourth-order valence-corrected chi connectivity index (χ4v) is 1.85.